The van der Waals surface area contributed by atoms with Crippen molar-refractivity contribution in [1.29, 1.82) is 0 Å². The maximum absolute atomic E-state index is 10.2. The Morgan fingerprint density at radius 3 is 2.44 bits per heavy atom. The Balaban J connectivity index is 0.000000253. The molecule has 0 bridgehead atoms. The number of anilines is 2. The van der Waals surface area contributed by atoms with Crippen LogP contribution in [0.3, 0.4) is 0 Å². The standard InChI is InChI=1S/C19H19ClN4.C9H12N2O/c1-13-6-7-16(22-11-13)12-24-8-4-5-18(24)15-9-14(2)19(23-21-3)17(20)10-15;1-7-3-4-8(11-6-12)9(5-7)10-2/h4-11H,12H2,1-3H3;3-6,10H,1-2H3,(H,11,12). The molecule has 2 aromatic heterocycles. The van der Waals surface area contributed by atoms with Crippen LogP contribution in [-0.4, -0.2) is 30.1 Å². The molecule has 0 unspecified atom stereocenters. The van der Waals surface area contributed by atoms with Crippen LogP contribution in [0.5, 0.6) is 0 Å². The highest BCUT2D eigenvalue weighted by molar-refractivity contribution is 6.33. The van der Waals surface area contributed by atoms with Crippen molar-refractivity contribution in [3.8, 4) is 11.3 Å². The summed E-state index contributed by atoms with van der Waals surface area (Å²) in [5.74, 6) is 0. The van der Waals surface area contributed by atoms with E-state index in [9.17, 15) is 4.79 Å². The Hall–Kier alpha value is -3.97. The molecule has 4 aromatic rings. The quantitative estimate of drug-likeness (QED) is 0.207. The predicted molar refractivity (Wildman–Crippen MR) is 149 cm³/mol. The van der Waals surface area contributed by atoms with Gasteiger partial charge in [0.1, 0.15) is 5.69 Å². The average molecular weight is 503 g/mol. The van der Waals surface area contributed by atoms with E-state index in [0.29, 0.717) is 11.4 Å². The van der Waals surface area contributed by atoms with Crippen molar-refractivity contribution in [2.75, 3.05) is 24.7 Å². The zero-order valence-corrected chi connectivity index (χ0v) is 22.0. The van der Waals surface area contributed by atoms with Crippen LogP contribution in [0.4, 0.5) is 17.1 Å². The van der Waals surface area contributed by atoms with Crippen LogP contribution in [0, 0.1) is 20.8 Å². The number of azo groups is 1. The van der Waals surface area contributed by atoms with Gasteiger partial charge in [0.2, 0.25) is 6.41 Å². The van der Waals surface area contributed by atoms with Gasteiger partial charge in [0.05, 0.1) is 28.6 Å². The number of nitrogens with one attached hydrogen (secondary N) is 2. The fraction of sp³-hybridized carbons (Fsp3) is 0.214. The lowest BCUT2D eigenvalue weighted by Crippen LogP contribution is -2.02. The monoisotopic (exact) mass is 502 g/mol. The van der Waals surface area contributed by atoms with E-state index in [1.54, 1.807) is 7.05 Å². The predicted octanol–water partition coefficient (Wildman–Crippen LogP) is 7.19. The van der Waals surface area contributed by atoms with Gasteiger partial charge in [-0.15, -0.1) is 0 Å². The van der Waals surface area contributed by atoms with E-state index in [0.717, 1.165) is 57.2 Å². The lowest BCUT2D eigenvalue weighted by molar-refractivity contribution is -0.105. The third kappa shape index (κ3) is 6.79. The summed E-state index contributed by atoms with van der Waals surface area (Å²) in [6, 6.07) is 18.1. The second kappa shape index (κ2) is 12.7. The maximum Gasteiger partial charge on any atom is 0.211 e. The summed E-state index contributed by atoms with van der Waals surface area (Å²) in [4.78, 5) is 14.7. The van der Waals surface area contributed by atoms with Crippen molar-refractivity contribution in [1.82, 2.24) is 9.55 Å². The Kier molecular flexibility index (Phi) is 9.36. The molecule has 2 aromatic carbocycles. The topological polar surface area (TPSA) is 83.7 Å². The summed E-state index contributed by atoms with van der Waals surface area (Å²) >= 11 is 6.38. The molecule has 186 valence electrons. The van der Waals surface area contributed by atoms with Crippen molar-refractivity contribution >= 4 is 35.1 Å². The SMILES string of the molecule is CN=Nc1c(C)cc(-c2cccn2Cc2ccc(C)cn2)cc1Cl.CNc1cc(C)ccc1NC=O. The largest absolute Gasteiger partial charge is 0.386 e. The number of carbonyl (C=O) groups is 1. The molecule has 0 saturated heterocycles. The fourth-order valence-corrected chi connectivity index (χ4v) is 4.05. The molecule has 2 N–H and O–H groups in total. The molecule has 0 aliphatic rings. The molecule has 2 heterocycles. The molecular formula is C28H31ClN6O. The number of carbonyl (C=O) groups excluding carboxylic acids is 1. The molecule has 0 saturated carbocycles. The third-order valence-corrected chi connectivity index (χ3v) is 5.83. The molecular weight excluding hydrogens is 472 g/mol. The summed E-state index contributed by atoms with van der Waals surface area (Å²) in [5.41, 5.74) is 8.97. The van der Waals surface area contributed by atoms with Gasteiger partial charge in [-0.2, -0.15) is 10.2 Å². The average Bonchev–Trinajstić information content (AvgIpc) is 3.32. The van der Waals surface area contributed by atoms with E-state index in [2.05, 4.69) is 60.9 Å². The molecule has 0 spiro atoms. The number of nitrogens with zero attached hydrogens (tertiary/aromatic N) is 4. The van der Waals surface area contributed by atoms with Crippen molar-refractivity contribution in [2.45, 2.75) is 27.3 Å². The summed E-state index contributed by atoms with van der Waals surface area (Å²) < 4.78 is 2.17. The Labute approximate surface area is 217 Å². The Bertz CT molecular complexity index is 1320. The lowest BCUT2D eigenvalue weighted by Gasteiger charge is -2.12. The Morgan fingerprint density at radius 1 is 1.03 bits per heavy atom. The van der Waals surface area contributed by atoms with E-state index in [1.165, 1.54) is 0 Å². The van der Waals surface area contributed by atoms with Crippen LogP contribution >= 0.6 is 11.6 Å². The zero-order chi connectivity index (χ0) is 26.1. The minimum Gasteiger partial charge on any atom is -0.386 e. The minimum atomic E-state index is 0.608. The van der Waals surface area contributed by atoms with Crippen LogP contribution in [0.2, 0.25) is 5.02 Å². The first-order chi connectivity index (χ1) is 17.4. The molecule has 0 radical (unpaired) electrons. The highest BCUT2D eigenvalue weighted by atomic mass is 35.5. The van der Waals surface area contributed by atoms with E-state index >= 15 is 0 Å². The second-order valence-corrected chi connectivity index (χ2v) is 8.74. The van der Waals surface area contributed by atoms with Crippen molar-refractivity contribution < 1.29 is 4.79 Å². The molecule has 1 amide bonds. The van der Waals surface area contributed by atoms with Gasteiger partial charge in [-0.1, -0.05) is 23.7 Å². The molecule has 36 heavy (non-hydrogen) atoms. The fourth-order valence-electron chi connectivity index (χ4n) is 3.75. The first-order valence-electron chi connectivity index (χ1n) is 11.5. The molecule has 0 aliphatic heterocycles. The van der Waals surface area contributed by atoms with Gasteiger partial charge >= 0.3 is 0 Å². The molecule has 8 heteroatoms. The number of hydrogen-bond acceptors (Lipinski definition) is 5. The normalized spacial score (nSPS) is 10.6. The first-order valence-corrected chi connectivity index (χ1v) is 11.9. The molecule has 0 fully saturated rings. The van der Waals surface area contributed by atoms with Crippen LogP contribution in [0.15, 0.2) is 77.2 Å². The highest BCUT2D eigenvalue weighted by Crippen LogP contribution is 2.34. The van der Waals surface area contributed by atoms with Gasteiger partial charge in [0, 0.05) is 37.7 Å². The van der Waals surface area contributed by atoms with Gasteiger partial charge in [0.15, 0.2) is 0 Å². The molecule has 0 aliphatic carbocycles. The highest BCUT2D eigenvalue weighted by Gasteiger charge is 2.11. The van der Waals surface area contributed by atoms with E-state index in [-0.39, 0.29) is 0 Å². The van der Waals surface area contributed by atoms with Crippen LogP contribution in [0.1, 0.15) is 22.4 Å². The molecule has 7 nitrogen and oxygen atoms in total. The third-order valence-electron chi connectivity index (χ3n) is 5.54. The molecule has 4 rings (SSSR count). The number of aromatic nitrogens is 2. The number of amides is 1. The number of pyridine rings is 1. The zero-order valence-electron chi connectivity index (χ0n) is 21.2. The van der Waals surface area contributed by atoms with Gasteiger partial charge in [-0.05, 0) is 79.9 Å². The maximum atomic E-state index is 10.2. The van der Waals surface area contributed by atoms with Crippen LogP contribution in [0.25, 0.3) is 11.3 Å². The number of halogens is 1. The van der Waals surface area contributed by atoms with E-state index < -0.39 is 0 Å². The molecule has 0 atom stereocenters. The summed E-state index contributed by atoms with van der Waals surface area (Å²) in [5, 5.41) is 14.1. The number of benzene rings is 2. The number of hydrogen-bond donors (Lipinski definition) is 2. The van der Waals surface area contributed by atoms with Gasteiger partial charge in [-0.3, -0.25) is 9.78 Å². The van der Waals surface area contributed by atoms with E-state index in [1.807, 2.05) is 64.3 Å². The van der Waals surface area contributed by atoms with Crippen molar-refractivity contribution in [3.05, 3.63) is 94.4 Å². The number of rotatable bonds is 7. The minimum absolute atomic E-state index is 0.608. The second-order valence-electron chi connectivity index (χ2n) is 8.33. The van der Waals surface area contributed by atoms with Gasteiger partial charge in [-0.25, -0.2) is 0 Å². The lowest BCUT2D eigenvalue weighted by atomic mass is 10.1. The van der Waals surface area contributed by atoms with Gasteiger partial charge in [0.25, 0.3) is 0 Å². The summed E-state index contributed by atoms with van der Waals surface area (Å²) in [6.07, 6.45) is 4.62. The summed E-state index contributed by atoms with van der Waals surface area (Å²) in [6.45, 7) is 6.76. The van der Waals surface area contributed by atoms with Gasteiger partial charge < -0.3 is 15.2 Å². The smallest absolute Gasteiger partial charge is 0.211 e. The Morgan fingerprint density at radius 2 is 1.81 bits per heavy atom. The number of aryl methyl sites for hydroxylation is 3. The summed E-state index contributed by atoms with van der Waals surface area (Å²) in [7, 11) is 3.47. The van der Waals surface area contributed by atoms with Crippen LogP contribution < -0.4 is 10.6 Å². The van der Waals surface area contributed by atoms with Crippen molar-refractivity contribution in [2.24, 2.45) is 10.2 Å². The first kappa shape index (κ1) is 26.6. The van der Waals surface area contributed by atoms with Crippen LogP contribution in [-0.2, 0) is 11.3 Å². The van der Waals surface area contributed by atoms with Crippen molar-refractivity contribution in [3.63, 3.8) is 0 Å². The van der Waals surface area contributed by atoms with E-state index in [4.69, 9.17) is 11.6 Å².